The minimum atomic E-state index is -1.21. The van der Waals surface area contributed by atoms with Crippen molar-refractivity contribution in [1.82, 2.24) is 5.32 Å². The second-order valence-corrected chi connectivity index (χ2v) is 5.09. The molecule has 0 heterocycles. The lowest BCUT2D eigenvalue weighted by atomic mass is 9.98. The Labute approximate surface area is 124 Å². The van der Waals surface area contributed by atoms with E-state index >= 15 is 0 Å². The second kappa shape index (κ2) is 7.46. The molecule has 3 N–H and O–H groups in total. The van der Waals surface area contributed by atoms with Crippen LogP contribution in [0.5, 0.6) is 0 Å². The smallest absolute Gasteiger partial charge is 0.328 e. The number of hydrogen-bond donors (Lipinski definition) is 2. The molecule has 0 aliphatic carbocycles. The molecule has 0 unspecified atom stereocenters. The topological polar surface area (TPSA) is 81.4 Å². The fourth-order valence-corrected chi connectivity index (χ4v) is 1.57. The number of terminal acetylenes is 1. The Kier molecular flexibility index (Phi) is 5.94. The summed E-state index contributed by atoms with van der Waals surface area (Å²) < 4.78 is 5.13. The van der Waals surface area contributed by atoms with E-state index in [4.69, 9.17) is 16.9 Å². The predicted molar refractivity (Wildman–Crippen MR) is 79.9 cm³/mol. The van der Waals surface area contributed by atoms with Crippen molar-refractivity contribution in [2.45, 2.75) is 38.5 Å². The first-order chi connectivity index (χ1) is 9.86. The molecule has 0 fully saturated rings. The third-order valence-corrected chi connectivity index (χ3v) is 2.91. The molecule has 5 nitrogen and oxygen atoms in total. The Morgan fingerprint density at radius 3 is 2.62 bits per heavy atom. The summed E-state index contributed by atoms with van der Waals surface area (Å²) in [7, 11) is 0. The van der Waals surface area contributed by atoms with E-state index in [0.717, 1.165) is 5.56 Å². The van der Waals surface area contributed by atoms with Crippen molar-refractivity contribution in [2.24, 2.45) is 5.73 Å². The number of benzene rings is 1. The van der Waals surface area contributed by atoms with Gasteiger partial charge in [0.25, 0.3) is 0 Å². The molecule has 0 bridgehead atoms. The molecule has 1 aromatic rings. The molecule has 2 atom stereocenters. The van der Waals surface area contributed by atoms with Crippen LogP contribution in [-0.4, -0.2) is 23.5 Å². The van der Waals surface area contributed by atoms with Gasteiger partial charge in [-0.25, -0.2) is 4.79 Å². The maximum absolute atomic E-state index is 11.9. The van der Waals surface area contributed by atoms with Crippen LogP contribution in [0.15, 0.2) is 30.3 Å². The maximum Gasteiger partial charge on any atom is 0.328 e. The van der Waals surface area contributed by atoms with Gasteiger partial charge in [0.05, 0.1) is 0 Å². The molecule has 21 heavy (non-hydrogen) atoms. The summed E-state index contributed by atoms with van der Waals surface area (Å²) in [5, 5.41) is 2.51. The van der Waals surface area contributed by atoms with Gasteiger partial charge in [-0.1, -0.05) is 30.3 Å². The van der Waals surface area contributed by atoms with Crippen LogP contribution < -0.4 is 11.1 Å². The summed E-state index contributed by atoms with van der Waals surface area (Å²) >= 11 is 0. The summed E-state index contributed by atoms with van der Waals surface area (Å²) in [5.41, 5.74) is 5.45. The van der Waals surface area contributed by atoms with Crippen molar-refractivity contribution in [3.05, 3.63) is 35.9 Å². The first-order valence-corrected chi connectivity index (χ1v) is 6.60. The number of ether oxygens (including phenoxy) is 1. The molecular formula is C16H20N2O3. The van der Waals surface area contributed by atoms with E-state index in [9.17, 15) is 9.59 Å². The highest BCUT2D eigenvalue weighted by Crippen LogP contribution is 2.06. The summed E-state index contributed by atoms with van der Waals surface area (Å²) in [5.74, 6) is 1.33. The average Bonchev–Trinajstić information content (AvgIpc) is 2.45. The Morgan fingerprint density at radius 1 is 1.43 bits per heavy atom. The number of rotatable bonds is 6. The van der Waals surface area contributed by atoms with Crippen molar-refractivity contribution in [3.63, 3.8) is 0 Å². The van der Waals surface area contributed by atoms with Gasteiger partial charge in [0.1, 0.15) is 18.2 Å². The van der Waals surface area contributed by atoms with Gasteiger partial charge in [0.15, 0.2) is 0 Å². The van der Waals surface area contributed by atoms with Crippen LogP contribution >= 0.6 is 0 Å². The Morgan fingerprint density at radius 2 is 2.05 bits per heavy atom. The molecule has 5 heteroatoms. The number of carbonyl (C=O) groups is 2. The van der Waals surface area contributed by atoms with Gasteiger partial charge < -0.3 is 15.8 Å². The van der Waals surface area contributed by atoms with Gasteiger partial charge in [-0.15, -0.1) is 12.3 Å². The second-order valence-electron chi connectivity index (χ2n) is 5.09. The van der Waals surface area contributed by atoms with Crippen molar-refractivity contribution in [3.8, 4) is 12.3 Å². The number of carbonyl (C=O) groups excluding carboxylic acids is 2. The SMILES string of the molecule is C#CC[C@](C)(N)C(=O)N[C@@H](C)C(=O)OCc1ccccc1. The molecule has 0 aliphatic rings. The maximum atomic E-state index is 11.9. The highest BCUT2D eigenvalue weighted by atomic mass is 16.5. The van der Waals surface area contributed by atoms with Gasteiger partial charge in [-0.05, 0) is 19.4 Å². The monoisotopic (exact) mass is 288 g/mol. The molecule has 0 aromatic heterocycles. The minimum absolute atomic E-state index is 0.0879. The lowest BCUT2D eigenvalue weighted by Crippen LogP contribution is -2.55. The van der Waals surface area contributed by atoms with Gasteiger partial charge in [0, 0.05) is 6.42 Å². The van der Waals surface area contributed by atoms with Crippen molar-refractivity contribution in [2.75, 3.05) is 0 Å². The van der Waals surface area contributed by atoms with Crippen LogP contribution in [0.25, 0.3) is 0 Å². The average molecular weight is 288 g/mol. The molecule has 112 valence electrons. The van der Waals surface area contributed by atoms with Crippen molar-refractivity contribution in [1.29, 1.82) is 0 Å². The van der Waals surface area contributed by atoms with Crippen LogP contribution in [0.2, 0.25) is 0 Å². The van der Waals surface area contributed by atoms with E-state index < -0.39 is 23.5 Å². The standard InChI is InChI=1S/C16H20N2O3/c1-4-10-16(3,17)15(20)18-12(2)14(19)21-11-13-8-6-5-7-9-13/h1,5-9,12H,10-11,17H2,2-3H3,(H,18,20)/t12-,16-/m0/s1. The number of hydrogen-bond acceptors (Lipinski definition) is 4. The Balaban J connectivity index is 2.48. The zero-order valence-electron chi connectivity index (χ0n) is 12.3. The van der Waals surface area contributed by atoms with Crippen molar-refractivity contribution >= 4 is 11.9 Å². The van der Waals surface area contributed by atoms with E-state index in [2.05, 4.69) is 11.2 Å². The third-order valence-electron chi connectivity index (χ3n) is 2.91. The number of amides is 1. The van der Waals surface area contributed by atoms with E-state index in [1.807, 2.05) is 30.3 Å². The molecular weight excluding hydrogens is 268 g/mol. The molecule has 0 aliphatic heterocycles. The van der Waals surface area contributed by atoms with Gasteiger partial charge in [0.2, 0.25) is 5.91 Å². The molecule has 0 spiro atoms. The predicted octanol–water partition coefficient (Wildman–Crippen LogP) is 0.975. The fourth-order valence-electron chi connectivity index (χ4n) is 1.57. The van der Waals surface area contributed by atoms with E-state index in [-0.39, 0.29) is 13.0 Å². The summed E-state index contributed by atoms with van der Waals surface area (Å²) in [6.45, 7) is 3.21. The number of esters is 1. The van der Waals surface area contributed by atoms with Gasteiger partial charge in [-0.2, -0.15) is 0 Å². The highest BCUT2D eigenvalue weighted by Gasteiger charge is 2.30. The quantitative estimate of drug-likeness (QED) is 0.604. The molecule has 0 saturated heterocycles. The largest absolute Gasteiger partial charge is 0.459 e. The Bertz CT molecular complexity index is 532. The summed E-state index contributed by atoms with van der Waals surface area (Å²) in [6, 6.07) is 8.49. The number of nitrogens with two attached hydrogens (primary N) is 1. The van der Waals surface area contributed by atoms with Gasteiger partial charge >= 0.3 is 5.97 Å². The van der Waals surface area contributed by atoms with Crippen LogP contribution in [0.1, 0.15) is 25.8 Å². The van der Waals surface area contributed by atoms with E-state index in [0.29, 0.717) is 0 Å². The zero-order valence-corrected chi connectivity index (χ0v) is 12.3. The molecule has 0 saturated carbocycles. The van der Waals surface area contributed by atoms with Crippen LogP contribution in [0.4, 0.5) is 0 Å². The van der Waals surface area contributed by atoms with Crippen LogP contribution in [0, 0.1) is 12.3 Å². The fraction of sp³-hybridized carbons (Fsp3) is 0.375. The number of nitrogens with one attached hydrogen (secondary N) is 1. The third kappa shape index (κ3) is 5.28. The lowest BCUT2D eigenvalue weighted by Gasteiger charge is -2.23. The molecule has 1 amide bonds. The first kappa shape index (κ1) is 16.7. The lowest BCUT2D eigenvalue weighted by molar-refractivity contribution is -0.149. The van der Waals surface area contributed by atoms with Crippen LogP contribution in [-0.2, 0) is 20.9 Å². The highest BCUT2D eigenvalue weighted by molar-refractivity contribution is 5.90. The minimum Gasteiger partial charge on any atom is -0.459 e. The summed E-state index contributed by atoms with van der Waals surface area (Å²) in [6.07, 6.45) is 5.24. The zero-order chi connectivity index (χ0) is 15.9. The molecule has 0 radical (unpaired) electrons. The summed E-state index contributed by atoms with van der Waals surface area (Å²) in [4.78, 5) is 23.7. The first-order valence-electron chi connectivity index (χ1n) is 6.60. The van der Waals surface area contributed by atoms with E-state index in [1.54, 1.807) is 0 Å². The van der Waals surface area contributed by atoms with Crippen molar-refractivity contribution < 1.29 is 14.3 Å². The van der Waals surface area contributed by atoms with Crippen LogP contribution in [0.3, 0.4) is 0 Å². The molecule has 1 aromatic carbocycles. The Hall–Kier alpha value is -2.32. The molecule has 1 rings (SSSR count). The normalized spacial score (nSPS) is 14.4. The van der Waals surface area contributed by atoms with Gasteiger partial charge in [-0.3, -0.25) is 4.79 Å². The van der Waals surface area contributed by atoms with E-state index in [1.165, 1.54) is 13.8 Å².